The van der Waals surface area contributed by atoms with E-state index >= 15 is 0 Å². The molecule has 0 unspecified atom stereocenters. The number of nitrogens with two attached hydrogens (primary N) is 1. The molecule has 10 nitrogen and oxygen atoms in total. The van der Waals surface area contributed by atoms with Gasteiger partial charge in [0.25, 0.3) is 5.91 Å². The number of rotatable bonds is 6. The third-order valence-corrected chi connectivity index (χ3v) is 6.20. The van der Waals surface area contributed by atoms with Crippen LogP contribution in [0.1, 0.15) is 27.2 Å². The van der Waals surface area contributed by atoms with Crippen LogP contribution in [-0.4, -0.2) is 44.5 Å². The van der Waals surface area contributed by atoms with Crippen LogP contribution in [0.3, 0.4) is 0 Å². The second kappa shape index (κ2) is 10.1. The molecular weight excluding hydrogens is 493 g/mol. The van der Waals surface area contributed by atoms with E-state index in [2.05, 4.69) is 9.97 Å². The molecule has 11 heteroatoms. The summed E-state index contributed by atoms with van der Waals surface area (Å²) < 4.78 is 19.4. The summed E-state index contributed by atoms with van der Waals surface area (Å²) in [4.78, 5) is 46.2. The number of esters is 1. The predicted molar refractivity (Wildman–Crippen MR) is 135 cm³/mol. The number of amides is 2. The van der Waals surface area contributed by atoms with Gasteiger partial charge in [-0.2, -0.15) is 0 Å². The van der Waals surface area contributed by atoms with E-state index in [4.69, 9.17) is 15.6 Å². The normalized spacial score (nSPS) is 12.3. The summed E-state index contributed by atoms with van der Waals surface area (Å²) in [5.41, 5.74) is 10.1. The van der Waals surface area contributed by atoms with Gasteiger partial charge in [-0.25, -0.2) is 19.2 Å². The molecule has 3 aromatic carbocycles. The Balaban J connectivity index is 1.48. The van der Waals surface area contributed by atoms with Crippen molar-refractivity contribution in [3.05, 3.63) is 88.9 Å². The standard InChI is InChI=1S/C27H22FN5O5/c28-19-7-5-18(14-38-23(34)11-30-27(36)37)20(10-19)15-6-8-22-21(9-15)24(32-26(29)31-22)25(35)33-12-16-3-1-2-4-17(16)13-33/h1-10,30H,11-14H2,(H,36,37)(H2,29,31,32). The van der Waals surface area contributed by atoms with Crippen molar-refractivity contribution in [1.29, 1.82) is 0 Å². The van der Waals surface area contributed by atoms with Crippen LogP contribution in [0.5, 0.6) is 0 Å². The molecule has 1 aliphatic heterocycles. The molecule has 0 saturated heterocycles. The SMILES string of the molecule is Nc1nc(C(=O)N2Cc3ccccc3C2)c2cc(-c3cc(F)ccc3COC(=O)CNC(=O)O)ccc2n1. The molecule has 0 aliphatic carbocycles. The van der Waals surface area contributed by atoms with Gasteiger partial charge in [-0.3, -0.25) is 9.59 Å². The highest BCUT2D eigenvalue weighted by molar-refractivity contribution is 6.06. The minimum absolute atomic E-state index is 0.0429. The van der Waals surface area contributed by atoms with Crippen LogP contribution in [0.25, 0.3) is 22.0 Å². The van der Waals surface area contributed by atoms with E-state index in [0.29, 0.717) is 40.7 Å². The smallest absolute Gasteiger partial charge is 0.405 e. The first-order valence-electron chi connectivity index (χ1n) is 11.6. The molecule has 4 aromatic rings. The molecule has 0 spiro atoms. The van der Waals surface area contributed by atoms with Gasteiger partial charge in [0.15, 0.2) is 0 Å². The number of hydrogen-bond acceptors (Lipinski definition) is 7. The van der Waals surface area contributed by atoms with E-state index in [9.17, 15) is 18.8 Å². The van der Waals surface area contributed by atoms with Crippen LogP contribution in [0.15, 0.2) is 60.7 Å². The number of nitrogens with one attached hydrogen (secondary N) is 1. The highest BCUT2D eigenvalue weighted by atomic mass is 19.1. The lowest BCUT2D eigenvalue weighted by Gasteiger charge is -2.17. The van der Waals surface area contributed by atoms with Gasteiger partial charge in [0.1, 0.15) is 24.7 Å². The molecule has 0 radical (unpaired) electrons. The monoisotopic (exact) mass is 515 g/mol. The highest BCUT2D eigenvalue weighted by Crippen LogP contribution is 2.31. The molecule has 1 aliphatic rings. The Kier molecular flexibility index (Phi) is 6.56. The molecule has 5 rings (SSSR count). The third kappa shape index (κ3) is 5.07. The summed E-state index contributed by atoms with van der Waals surface area (Å²) in [6, 6.07) is 16.8. The second-order valence-electron chi connectivity index (χ2n) is 8.71. The quantitative estimate of drug-likeness (QED) is 0.331. The number of nitrogens with zero attached hydrogens (tertiary/aromatic N) is 3. The Bertz CT molecular complexity index is 1570. The zero-order chi connectivity index (χ0) is 26.8. The van der Waals surface area contributed by atoms with Gasteiger partial charge in [0, 0.05) is 18.5 Å². The first kappa shape index (κ1) is 24.6. The fraction of sp³-hybridized carbons (Fsp3) is 0.148. The zero-order valence-electron chi connectivity index (χ0n) is 20.0. The van der Waals surface area contributed by atoms with Crippen LogP contribution < -0.4 is 11.1 Å². The molecule has 0 fully saturated rings. The number of benzene rings is 3. The van der Waals surface area contributed by atoms with E-state index in [-0.39, 0.29) is 24.2 Å². The summed E-state index contributed by atoms with van der Waals surface area (Å²) in [6.07, 6.45) is -1.35. The lowest BCUT2D eigenvalue weighted by atomic mass is 9.97. The number of carboxylic acid groups (broad SMARTS) is 1. The zero-order valence-corrected chi connectivity index (χ0v) is 20.0. The Morgan fingerprint density at radius 1 is 1.03 bits per heavy atom. The van der Waals surface area contributed by atoms with Gasteiger partial charge in [-0.05, 0) is 52.1 Å². The van der Waals surface area contributed by atoms with E-state index < -0.39 is 24.4 Å². The lowest BCUT2D eigenvalue weighted by Crippen LogP contribution is -2.29. The molecule has 192 valence electrons. The van der Waals surface area contributed by atoms with Crippen molar-refractivity contribution in [2.24, 2.45) is 0 Å². The molecule has 0 bridgehead atoms. The Labute approximate surface area is 215 Å². The number of hydrogen-bond donors (Lipinski definition) is 3. The van der Waals surface area contributed by atoms with E-state index in [0.717, 1.165) is 11.1 Å². The molecule has 38 heavy (non-hydrogen) atoms. The molecule has 1 aromatic heterocycles. The minimum atomic E-state index is -1.35. The number of aromatic nitrogens is 2. The molecule has 0 atom stereocenters. The minimum Gasteiger partial charge on any atom is -0.465 e. The Hall–Kier alpha value is -5.06. The van der Waals surface area contributed by atoms with Crippen LogP contribution in [0.4, 0.5) is 15.1 Å². The van der Waals surface area contributed by atoms with Crippen LogP contribution >= 0.6 is 0 Å². The summed E-state index contributed by atoms with van der Waals surface area (Å²) in [7, 11) is 0. The highest BCUT2D eigenvalue weighted by Gasteiger charge is 2.27. The largest absolute Gasteiger partial charge is 0.465 e. The number of ether oxygens (including phenoxy) is 1. The van der Waals surface area contributed by atoms with Crippen molar-refractivity contribution in [2.75, 3.05) is 12.3 Å². The molecular formula is C27H22FN5O5. The van der Waals surface area contributed by atoms with Crippen LogP contribution in [0, 0.1) is 5.82 Å². The molecule has 2 amide bonds. The number of nitrogen functional groups attached to an aromatic ring is 1. The molecule has 0 saturated carbocycles. The van der Waals surface area contributed by atoms with Crippen molar-refractivity contribution in [3.63, 3.8) is 0 Å². The van der Waals surface area contributed by atoms with Crippen LogP contribution in [0.2, 0.25) is 0 Å². The lowest BCUT2D eigenvalue weighted by molar-refractivity contribution is -0.143. The van der Waals surface area contributed by atoms with Crippen molar-refractivity contribution in [1.82, 2.24) is 20.2 Å². The number of fused-ring (bicyclic) bond motifs is 2. The maximum atomic E-state index is 14.3. The Morgan fingerprint density at radius 2 is 1.76 bits per heavy atom. The maximum Gasteiger partial charge on any atom is 0.405 e. The van der Waals surface area contributed by atoms with Crippen LogP contribution in [-0.2, 0) is 29.2 Å². The third-order valence-electron chi connectivity index (χ3n) is 6.20. The number of carbonyl (C=O) groups excluding carboxylic acids is 2. The van der Waals surface area contributed by atoms with Crippen molar-refractivity contribution in [3.8, 4) is 11.1 Å². The van der Waals surface area contributed by atoms with Gasteiger partial charge >= 0.3 is 12.1 Å². The molecule has 4 N–H and O–H groups in total. The van der Waals surface area contributed by atoms with Gasteiger partial charge in [0.05, 0.1) is 5.52 Å². The van der Waals surface area contributed by atoms with Crippen molar-refractivity contribution < 1.29 is 28.6 Å². The average molecular weight is 516 g/mol. The number of carbonyl (C=O) groups is 3. The van der Waals surface area contributed by atoms with Gasteiger partial charge in [-0.15, -0.1) is 0 Å². The topological polar surface area (TPSA) is 148 Å². The predicted octanol–water partition coefficient (Wildman–Crippen LogP) is 3.48. The average Bonchev–Trinajstić information content (AvgIpc) is 3.34. The van der Waals surface area contributed by atoms with E-state index in [1.807, 2.05) is 29.6 Å². The summed E-state index contributed by atoms with van der Waals surface area (Å²) >= 11 is 0. The number of halogens is 1. The summed E-state index contributed by atoms with van der Waals surface area (Å²) in [5, 5.41) is 11.0. The fourth-order valence-electron chi connectivity index (χ4n) is 4.40. The maximum absolute atomic E-state index is 14.3. The second-order valence-corrected chi connectivity index (χ2v) is 8.71. The van der Waals surface area contributed by atoms with Gasteiger partial charge < -0.3 is 25.8 Å². The first-order chi connectivity index (χ1) is 18.3. The van der Waals surface area contributed by atoms with Gasteiger partial charge in [-0.1, -0.05) is 36.4 Å². The van der Waals surface area contributed by atoms with Crippen molar-refractivity contribution in [2.45, 2.75) is 19.7 Å². The molecule has 2 heterocycles. The number of anilines is 1. The van der Waals surface area contributed by atoms with Gasteiger partial charge in [0.2, 0.25) is 5.95 Å². The van der Waals surface area contributed by atoms with E-state index in [1.54, 1.807) is 23.1 Å². The van der Waals surface area contributed by atoms with E-state index in [1.165, 1.54) is 18.2 Å². The summed E-state index contributed by atoms with van der Waals surface area (Å²) in [6.45, 7) is 0.142. The Morgan fingerprint density at radius 3 is 2.47 bits per heavy atom. The van der Waals surface area contributed by atoms with Crippen molar-refractivity contribution >= 4 is 34.8 Å². The first-order valence-corrected chi connectivity index (χ1v) is 11.6. The summed E-state index contributed by atoms with van der Waals surface area (Å²) in [5.74, 6) is -1.65. The fourth-order valence-corrected chi connectivity index (χ4v) is 4.40.